The summed E-state index contributed by atoms with van der Waals surface area (Å²) in [6.07, 6.45) is 0. The Morgan fingerprint density at radius 2 is 1.74 bits per heavy atom. The summed E-state index contributed by atoms with van der Waals surface area (Å²) in [6.45, 7) is 3.80. The minimum Gasteiger partial charge on any atom is -0.464 e. The maximum atomic E-state index is 14.4. The fourth-order valence-corrected chi connectivity index (χ4v) is 4.83. The number of sulfone groups is 1. The number of aromatic nitrogens is 1. The number of aliphatic hydroxyl groups is 2. The Bertz CT molecular complexity index is 1470. The van der Waals surface area contributed by atoms with Crippen molar-refractivity contribution in [2.24, 2.45) is 12.5 Å². The molecule has 12 heteroatoms. The van der Waals surface area contributed by atoms with E-state index < -0.39 is 57.2 Å². The van der Waals surface area contributed by atoms with Crippen LogP contribution in [0.2, 0.25) is 0 Å². The molecular formula is C26H30F2N2O7S. The molecule has 3 rings (SSSR count). The standard InChI is InChI=1S/C26H30F2N2O7S/c1-15-9-20-18(24(28)23(15)27)10-21(30(20)4)25(34)29-19(11-31)16-5-7-17(8-6-16)38(35,36)12-22(33)37-14-26(2,3)13-32/h5-10,19,31-32H,11-14H2,1-4H3,(H,29,34)/t19-/m1/s1. The number of ether oxygens (including phenoxy) is 1. The van der Waals surface area contributed by atoms with Crippen molar-refractivity contribution >= 4 is 32.6 Å². The van der Waals surface area contributed by atoms with Crippen LogP contribution < -0.4 is 5.32 Å². The molecule has 206 valence electrons. The van der Waals surface area contributed by atoms with E-state index in [-0.39, 0.29) is 34.8 Å². The van der Waals surface area contributed by atoms with Crippen LogP contribution in [0.5, 0.6) is 0 Å². The third-order valence-corrected chi connectivity index (χ3v) is 7.74. The number of nitrogens with zero attached hydrogens (tertiary/aromatic N) is 1. The van der Waals surface area contributed by atoms with Gasteiger partial charge in [0, 0.05) is 17.8 Å². The minimum atomic E-state index is -4.04. The SMILES string of the molecule is Cc1cc2c(cc(C(=O)N[C@H](CO)c3ccc(S(=O)(=O)CC(=O)OCC(C)(C)CO)cc3)n2C)c(F)c1F. The third-order valence-electron chi connectivity index (χ3n) is 6.13. The van der Waals surface area contributed by atoms with E-state index >= 15 is 0 Å². The molecule has 0 saturated carbocycles. The first-order valence-electron chi connectivity index (χ1n) is 11.7. The van der Waals surface area contributed by atoms with Crippen LogP contribution in [0.4, 0.5) is 8.78 Å². The number of nitrogens with one attached hydrogen (secondary N) is 1. The van der Waals surface area contributed by atoms with Gasteiger partial charge in [-0.25, -0.2) is 17.2 Å². The Balaban J connectivity index is 1.75. The van der Waals surface area contributed by atoms with Gasteiger partial charge in [-0.05, 0) is 42.3 Å². The molecule has 38 heavy (non-hydrogen) atoms. The summed E-state index contributed by atoms with van der Waals surface area (Å²) in [4.78, 5) is 24.8. The second kappa shape index (κ2) is 11.2. The number of hydrogen-bond donors (Lipinski definition) is 3. The molecule has 1 aromatic heterocycles. The van der Waals surface area contributed by atoms with Crippen molar-refractivity contribution in [1.82, 2.24) is 9.88 Å². The van der Waals surface area contributed by atoms with Gasteiger partial charge in [0.1, 0.15) is 5.69 Å². The highest BCUT2D eigenvalue weighted by molar-refractivity contribution is 7.92. The van der Waals surface area contributed by atoms with Crippen LogP contribution in [0.1, 0.15) is 41.5 Å². The molecule has 0 saturated heterocycles. The summed E-state index contributed by atoms with van der Waals surface area (Å²) in [5.74, 6) is -4.58. The van der Waals surface area contributed by atoms with Gasteiger partial charge < -0.3 is 24.8 Å². The fourth-order valence-electron chi connectivity index (χ4n) is 3.72. The molecule has 0 spiro atoms. The maximum Gasteiger partial charge on any atom is 0.321 e. The lowest BCUT2D eigenvalue weighted by molar-refractivity contribution is -0.144. The number of rotatable bonds is 10. The van der Waals surface area contributed by atoms with Gasteiger partial charge in [0.05, 0.1) is 36.3 Å². The molecule has 0 bridgehead atoms. The van der Waals surface area contributed by atoms with E-state index in [0.717, 1.165) is 0 Å². The minimum absolute atomic E-state index is 0.0319. The number of halogens is 2. The van der Waals surface area contributed by atoms with Gasteiger partial charge in [-0.1, -0.05) is 26.0 Å². The molecule has 2 aromatic carbocycles. The number of hydrogen-bond acceptors (Lipinski definition) is 7. The van der Waals surface area contributed by atoms with Gasteiger partial charge >= 0.3 is 5.97 Å². The number of carbonyl (C=O) groups is 2. The van der Waals surface area contributed by atoms with Crippen molar-refractivity contribution < 1.29 is 41.7 Å². The van der Waals surface area contributed by atoms with Gasteiger partial charge in [-0.3, -0.25) is 9.59 Å². The quantitative estimate of drug-likeness (QED) is 0.329. The highest BCUT2D eigenvalue weighted by Crippen LogP contribution is 2.27. The van der Waals surface area contributed by atoms with Crippen LogP contribution in [0.25, 0.3) is 10.9 Å². The zero-order chi connectivity index (χ0) is 28.4. The van der Waals surface area contributed by atoms with E-state index in [9.17, 15) is 37.0 Å². The normalized spacial score (nSPS) is 12.9. The van der Waals surface area contributed by atoms with E-state index in [4.69, 9.17) is 4.74 Å². The largest absolute Gasteiger partial charge is 0.464 e. The molecule has 0 aliphatic rings. The van der Waals surface area contributed by atoms with E-state index in [1.807, 2.05) is 0 Å². The van der Waals surface area contributed by atoms with Gasteiger partial charge in [-0.15, -0.1) is 0 Å². The predicted molar refractivity (Wildman–Crippen MR) is 135 cm³/mol. The molecule has 0 unspecified atom stereocenters. The van der Waals surface area contributed by atoms with E-state index in [1.165, 1.54) is 54.9 Å². The van der Waals surface area contributed by atoms with Gasteiger partial charge in [0.2, 0.25) is 0 Å². The third kappa shape index (κ3) is 6.20. The van der Waals surface area contributed by atoms with E-state index in [1.54, 1.807) is 13.8 Å². The zero-order valence-electron chi connectivity index (χ0n) is 21.4. The summed E-state index contributed by atoms with van der Waals surface area (Å²) in [6, 6.07) is 6.95. The molecule has 0 aliphatic heterocycles. The Morgan fingerprint density at radius 1 is 1.11 bits per heavy atom. The average molecular weight is 553 g/mol. The molecule has 1 atom stereocenters. The number of amides is 1. The first-order chi connectivity index (χ1) is 17.7. The van der Waals surface area contributed by atoms with Crippen LogP contribution in [0, 0.1) is 24.0 Å². The lowest BCUT2D eigenvalue weighted by atomic mass is 9.97. The van der Waals surface area contributed by atoms with Crippen LogP contribution in [-0.4, -0.2) is 60.6 Å². The number of esters is 1. The number of benzene rings is 2. The molecule has 0 radical (unpaired) electrons. The number of fused-ring (bicyclic) bond motifs is 1. The first kappa shape index (κ1) is 29.2. The maximum absolute atomic E-state index is 14.4. The summed E-state index contributed by atoms with van der Waals surface area (Å²) < 4.78 is 60.0. The van der Waals surface area contributed by atoms with Gasteiger partial charge in [0.25, 0.3) is 5.91 Å². The van der Waals surface area contributed by atoms with Crippen LogP contribution >= 0.6 is 0 Å². The van der Waals surface area contributed by atoms with E-state index in [2.05, 4.69) is 5.32 Å². The Hall–Kier alpha value is -3.35. The van der Waals surface area contributed by atoms with Crippen molar-refractivity contribution in [1.29, 1.82) is 0 Å². The van der Waals surface area contributed by atoms with Crippen molar-refractivity contribution in [2.75, 3.05) is 25.6 Å². The van der Waals surface area contributed by atoms with Crippen molar-refractivity contribution in [3.05, 3.63) is 64.9 Å². The molecule has 1 heterocycles. The highest BCUT2D eigenvalue weighted by atomic mass is 32.2. The molecule has 0 fully saturated rings. The average Bonchev–Trinajstić information content (AvgIpc) is 3.20. The molecule has 9 nitrogen and oxygen atoms in total. The number of aryl methyl sites for hydroxylation is 2. The zero-order valence-corrected chi connectivity index (χ0v) is 22.2. The van der Waals surface area contributed by atoms with Crippen LogP contribution in [-0.2, 0) is 26.4 Å². The van der Waals surface area contributed by atoms with Crippen LogP contribution in [0.3, 0.4) is 0 Å². The van der Waals surface area contributed by atoms with Crippen LogP contribution in [0.15, 0.2) is 41.3 Å². The van der Waals surface area contributed by atoms with Crippen molar-refractivity contribution in [3.8, 4) is 0 Å². The monoisotopic (exact) mass is 552 g/mol. The van der Waals surface area contributed by atoms with E-state index in [0.29, 0.717) is 11.1 Å². The number of aliphatic hydroxyl groups excluding tert-OH is 2. The lowest BCUT2D eigenvalue weighted by Crippen LogP contribution is -2.32. The summed E-state index contributed by atoms with van der Waals surface area (Å²) >= 11 is 0. The van der Waals surface area contributed by atoms with Crippen molar-refractivity contribution in [3.63, 3.8) is 0 Å². The Kier molecular flexibility index (Phi) is 8.59. The second-order valence-corrected chi connectivity index (χ2v) is 11.9. The molecule has 3 N–H and O–H groups in total. The Labute approximate surface area is 218 Å². The second-order valence-electron chi connectivity index (χ2n) is 9.86. The van der Waals surface area contributed by atoms with Gasteiger partial charge in [0.15, 0.2) is 27.2 Å². The van der Waals surface area contributed by atoms with Crippen molar-refractivity contribution in [2.45, 2.75) is 31.7 Å². The molecular weight excluding hydrogens is 522 g/mol. The first-order valence-corrected chi connectivity index (χ1v) is 13.3. The predicted octanol–water partition coefficient (Wildman–Crippen LogP) is 2.56. The smallest absolute Gasteiger partial charge is 0.321 e. The highest BCUT2D eigenvalue weighted by Gasteiger charge is 2.25. The number of carbonyl (C=O) groups excluding carboxylic acids is 2. The topological polar surface area (TPSA) is 135 Å². The molecule has 1 amide bonds. The van der Waals surface area contributed by atoms with Gasteiger partial charge in [-0.2, -0.15) is 0 Å². The summed E-state index contributed by atoms with van der Waals surface area (Å²) in [5.41, 5.74) is 0.109. The molecule has 3 aromatic rings. The fraction of sp³-hybridized carbons (Fsp3) is 0.385. The summed E-state index contributed by atoms with van der Waals surface area (Å²) in [7, 11) is -2.51. The lowest BCUT2D eigenvalue weighted by Gasteiger charge is -2.20. The Morgan fingerprint density at radius 3 is 2.32 bits per heavy atom. The molecule has 0 aliphatic carbocycles. The summed E-state index contributed by atoms with van der Waals surface area (Å²) in [5, 5.41) is 21.6.